The third-order valence-corrected chi connectivity index (χ3v) is 2.88. The lowest BCUT2D eigenvalue weighted by Gasteiger charge is -1.86. The maximum Gasteiger partial charge on any atom is 0.125 e. The molecule has 0 unspecified atom stereocenters. The molecule has 1 heterocycles. The van der Waals surface area contributed by atoms with Crippen molar-refractivity contribution in [3.63, 3.8) is 0 Å². The fraction of sp³-hybridized carbons (Fsp3) is 0. The van der Waals surface area contributed by atoms with E-state index in [2.05, 4.69) is 19.7 Å². The van der Waals surface area contributed by atoms with Crippen LogP contribution in [0.1, 0.15) is 4.88 Å². The van der Waals surface area contributed by atoms with Gasteiger partial charge in [0.1, 0.15) is 5.76 Å². The van der Waals surface area contributed by atoms with Crippen LogP contribution in [0.25, 0.3) is 15.8 Å². The van der Waals surface area contributed by atoms with Gasteiger partial charge in [-0.2, -0.15) is 0 Å². The third kappa shape index (κ3) is 2.03. The van der Waals surface area contributed by atoms with E-state index in [-0.39, 0.29) is 5.76 Å². The standard InChI is InChI=1S/C10H8OS.C2H4/c1-7(11)10-6-8-4-2-3-5-9(8)12-10;1-2/h2-6,11H,1H2;1-2H2. The van der Waals surface area contributed by atoms with Crippen LogP contribution < -0.4 is 0 Å². The zero-order valence-electron chi connectivity index (χ0n) is 7.86. The Kier molecular flexibility index (Phi) is 3.48. The van der Waals surface area contributed by atoms with E-state index in [0.29, 0.717) is 0 Å². The second-order valence-corrected chi connectivity index (χ2v) is 3.68. The van der Waals surface area contributed by atoms with Gasteiger partial charge >= 0.3 is 0 Å². The van der Waals surface area contributed by atoms with Crippen LogP contribution in [-0.2, 0) is 0 Å². The van der Waals surface area contributed by atoms with E-state index >= 15 is 0 Å². The Balaban J connectivity index is 0.000000461. The summed E-state index contributed by atoms with van der Waals surface area (Å²) in [6.07, 6.45) is 0. The largest absolute Gasteiger partial charge is 0.507 e. The summed E-state index contributed by atoms with van der Waals surface area (Å²) >= 11 is 1.56. The van der Waals surface area contributed by atoms with Crippen molar-refractivity contribution in [2.24, 2.45) is 0 Å². The van der Waals surface area contributed by atoms with E-state index < -0.39 is 0 Å². The molecular formula is C12H12OS. The number of benzene rings is 1. The molecule has 1 N–H and O–H groups in total. The molecule has 72 valence electrons. The van der Waals surface area contributed by atoms with Crippen molar-refractivity contribution in [2.45, 2.75) is 0 Å². The maximum atomic E-state index is 9.14. The average Bonchev–Trinajstić information content (AvgIpc) is 2.64. The van der Waals surface area contributed by atoms with Gasteiger partial charge in [-0.25, -0.2) is 0 Å². The Hall–Kier alpha value is -1.54. The van der Waals surface area contributed by atoms with Crippen molar-refractivity contribution in [3.05, 3.63) is 54.9 Å². The molecule has 0 spiro atoms. The SMILES string of the molecule is C=C.C=C(O)c1cc2ccccc2s1. The number of fused-ring (bicyclic) bond motifs is 1. The summed E-state index contributed by atoms with van der Waals surface area (Å²) in [6, 6.07) is 9.98. The van der Waals surface area contributed by atoms with Gasteiger partial charge in [-0.15, -0.1) is 24.5 Å². The summed E-state index contributed by atoms with van der Waals surface area (Å²) in [5, 5.41) is 10.3. The maximum absolute atomic E-state index is 9.14. The minimum absolute atomic E-state index is 0.149. The van der Waals surface area contributed by atoms with Crippen LogP contribution in [0.15, 0.2) is 50.1 Å². The van der Waals surface area contributed by atoms with Gasteiger partial charge in [-0.05, 0) is 17.5 Å². The Bertz CT molecular complexity index is 409. The van der Waals surface area contributed by atoms with Crippen molar-refractivity contribution >= 4 is 27.2 Å². The minimum Gasteiger partial charge on any atom is -0.507 e. The first-order valence-corrected chi connectivity index (χ1v) is 4.96. The molecule has 0 fully saturated rings. The fourth-order valence-electron chi connectivity index (χ4n) is 1.12. The number of aliphatic hydroxyl groups excluding tert-OH is 1. The fourth-order valence-corrected chi connectivity index (χ4v) is 2.06. The molecule has 1 aromatic carbocycles. The van der Waals surface area contributed by atoms with Gasteiger partial charge in [-0.1, -0.05) is 24.8 Å². The minimum atomic E-state index is 0.149. The van der Waals surface area contributed by atoms with Gasteiger partial charge in [0.2, 0.25) is 0 Å². The molecule has 0 aliphatic heterocycles. The second-order valence-electron chi connectivity index (χ2n) is 2.60. The molecule has 1 nitrogen and oxygen atoms in total. The molecule has 0 saturated carbocycles. The highest BCUT2D eigenvalue weighted by molar-refractivity contribution is 7.20. The molecule has 0 bridgehead atoms. The van der Waals surface area contributed by atoms with Gasteiger partial charge in [-0.3, -0.25) is 0 Å². The molecule has 1 aromatic heterocycles. The first kappa shape index (κ1) is 10.5. The van der Waals surface area contributed by atoms with Crippen molar-refractivity contribution in [1.29, 1.82) is 0 Å². The topological polar surface area (TPSA) is 20.2 Å². The van der Waals surface area contributed by atoms with Crippen LogP contribution in [0.4, 0.5) is 0 Å². The smallest absolute Gasteiger partial charge is 0.125 e. The summed E-state index contributed by atoms with van der Waals surface area (Å²) < 4.78 is 1.18. The zero-order chi connectivity index (χ0) is 10.6. The first-order valence-electron chi connectivity index (χ1n) is 4.14. The summed E-state index contributed by atoms with van der Waals surface area (Å²) in [5.41, 5.74) is 0. The highest BCUT2D eigenvalue weighted by atomic mass is 32.1. The van der Waals surface area contributed by atoms with Crippen molar-refractivity contribution in [2.75, 3.05) is 0 Å². The van der Waals surface area contributed by atoms with Crippen LogP contribution in [0.5, 0.6) is 0 Å². The molecule has 2 rings (SSSR count). The van der Waals surface area contributed by atoms with E-state index in [1.54, 1.807) is 11.3 Å². The summed E-state index contributed by atoms with van der Waals surface area (Å²) in [6.45, 7) is 9.49. The Morgan fingerprint density at radius 2 is 1.86 bits per heavy atom. The van der Waals surface area contributed by atoms with Crippen molar-refractivity contribution < 1.29 is 5.11 Å². The molecule has 0 aliphatic rings. The van der Waals surface area contributed by atoms with Gasteiger partial charge in [0.15, 0.2) is 0 Å². The summed E-state index contributed by atoms with van der Waals surface area (Å²) in [7, 11) is 0. The van der Waals surface area contributed by atoms with Gasteiger partial charge in [0, 0.05) is 4.70 Å². The molecule has 0 saturated heterocycles. The molecule has 2 heteroatoms. The number of hydrogen-bond acceptors (Lipinski definition) is 2. The highest BCUT2D eigenvalue weighted by Crippen LogP contribution is 2.28. The lowest BCUT2D eigenvalue weighted by atomic mass is 10.2. The van der Waals surface area contributed by atoms with E-state index in [9.17, 15) is 0 Å². The second kappa shape index (κ2) is 4.63. The van der Waals surface area contributed by atoms with E-state index in [4.69, 9.17) is 5.11 Å². The number of hydrogen-bond donors (Lipinski definition) is 1. The molecule has 0 atom stereocenters. The highest BCUT2D eigenvalue weighted by Gasteiger charge is 2.01. The quantitative estimate of drug-likeness (QED) is 0.544. The molecular weight excluding hydrogens is 192 g/mol. The molecule has 0 aliphatic carbocycles. The van der Waals surface area contributed by atoms with E-state index in [1.807, 2.05) is 30.3 Å². The van der Waals surface area contributed by atoms with E-state index in [1.165, 1.54) is 4.70 Å². The van der Waals surface area contributed by atoms with E-state index in [0.717, 1.165) is 10.3 Å². The number of rotatable bonds is 1. The predicted octanol–water partition coefficient (Wildman–Crippen LogP) is 4.23. The van der Waals surface area contributed by atoms with Crippen LogP contribution in [0.2, 0.25) is 0 Å². The molecule has 0 radical (unpaired) electrons. The predicted molar refractivity (Wildman–Crippen MR) is 64.7 cm³/mol. The summed E-state index contributed by atoms with van der Waals surface area (Å²) in [4.78, 5) is 0.844. The molecule has 14 heavy (non-hydrogen) atoms. The van der Waals surface area contributed by atoms with Crippen molar-refractivity contribution in [3.8, 4) is 0 Å². The normalized spacial score (nSPS) is 9.14. The van der Waals surface area contributed by atoms with Gasteiger partial charge in [0.05, 0.1) is 4.88 Å². The average molecular weight is 204 g/mol. The van der Waals surface area contributed by atoms with Crippen LogP contribution in [0.3, 0.4) is 0 Å². The molecule has 0 amide bonds. The lowest BCUT2D eigenvalue weighted by molar-refractivity contribution is 0.516. The Labute approximate surface area is 87.6 Å². The first-order chi connectivity index (χ1) is 6.77. The Morgan fingerprint density at radius 1 is 1.21 bits per heavy atom. The van der Waals surface area contributed by atoms with Crippen LogP contribution in [-0.4, -0.2) is 5.11 Å². The van der Waals surface area contributed by atoms with Crippen LogP contribution in [0, 0.1) is 0 Å². The third-order valence-electron chi connectivity index (χ3n) is 1.71. The Morgan fingerprint density at radius 3 is 2.43 bits per heavy atom. The molecule has 2 aromatic rings. The van der Waals surface area contributed by atoms with Gasteiger partial charge < -0.3 is 5.11 Å². The monoisotopic (exact) mass is 204 g/mol. The summed E-state index contributed by atoms with van der Waals surface area (Å²) in [5.74, 6) is 0.149. The van der Waals surface area contributed by atoms with Crippen LogP contribution >= 0.6 is 11.3 Å². The number of aliphatic hydroxyl groups is 1. The van der Waals surface area contributed by atoms with Crippen molar-refractivity contribution in [1.82, 2.24) is 0 Å². The van der Waals surface area contributed by atoms with Gasteiger partial charge in [0.25, 0.3) is 0 Å². The zero-order valence-corrected chi connectivity index (χ0v) is 8.68. The number of thiophene rings is 1. The lowest BCUT2D eigenvalue weighted by Crippen LogP contribution is -1.68.